The van der Waals surface area contributed by atoms with Crippen molar-refractivity contribution in [1.29, 1.82) is 5.26 Å². The Bertz CT molecular complexity index is 804. The van der Waals surface area contributed by atoms with Gasteiger partial charge in [-0.1, -0.05) is 11.6 Å². The quantitative estimate of drug-likeness (QED) is 0.472. The largest absolute Gasteiger partial charge is 0.451 e. The van der Waals surface area contributed by atoms with Crippen LogP contribution in [0.2, 0.25) is 4.34 Å². The summed E-state index contributed by atoms with van der Waals surface area (Å²) in [5, 5.41) is 13.5. The fourth-order valence-corrected chi connectivity index (χ4v) is 3.55. The van der Waals surface area contributed by atoms with Crippen molar-refractivity contribution in [2.45, 2.75) is 18.7 Å². The topological polar surface area (TPSA) is 79.2 Å². The summed E-state index contributed by atoms with van der Waals surface area (Å²) in [4.78, 5) is 24.9. The standard InChI is InChI=1S/C16H13ClN2O3S2/c1-9-5-11(23-8-18)6-10(2)15(9)19-14(20)7-22-16(21)12-3-4-13(17)24-12/h3-6H,7H2,1-2H3,(H,19,20). The average Bonchev–Trinajstić information content (AvgIpc) is 2.95. The van der Waals surface area contributed by atoms with Gasteiger partial charge in [0.15, 0.2) is 6.61 Å². The second-order valence-corrected chi connectivity index (χ2v) is 7.43. The van der Waals surface area contributed by atoms with Crippen LogP contribution in [0.4, 0.5) is 5.69 Å². The first-order valence-corrected chi connectivity index (χ1v) is 8.81. The highest BCUT2D eigenvalue weighted by Crippen LogP contribution is 2.27. The summed E-state index contributed by atoms with van der Waals surface area (Å²) in [5.74, 6) is -1.02. The lowest BCUT2D eigenvalue weighted by atomic mass is 10.1. The smallest absolute Gasteiger partial charge is 0.348 e. The summed E-state index contributed by atoms with van der Waals surface area (Å²) in [5.41, 5.74) is 2.31. The van der Waals surface area contributed by atoms with Gasteiger partial charge in [-0.25, -0.2) is 4.79 Å². The van der Waals surface area contributed by atoms with Crippen LogP contribution in [0.3, 0.4) is 0 Å². The Morgan fingerprint density at radius 1 is 1.33 bits per heavy atom. The van der Waals surface area contributed by atoms with Crippen molar-refractivity contribution < 1.29 is 14.3 Å². The number of amides is 1. The van der Waals surface area contributed by atoms with E-state index in [-0.39, 0.29) is 6.61 Å². The lowest BCUT2D eigenvalue weighted by molar-refractivity contribution is -0.119. The van der Waals surface area contributed by atoms with Crippen LogP contribution in [0.15, 0.2) is 29.2 Å². The molecule has 0 radical (unpaired) electrons. The zero-order valence-corrected chi connectivity index (χ0v) is 15.3. The number of thiophene rings is 1. The van der Waals surface area contributed by atoms with Crippen molar-refractivity contribution in [3.63, 3.8) is 0 Å². The first-order valence-electron chi connectivity index (χ1n) is 6.80. The Labute approximate surface area is 152 Å². The van der Waals surface area contributed by atoms with E-state index in [1.165, 1.54) is 0 Å². The van der Waals surface area contributed by atoms with Crippen molar-refractivity contribution >= 4 is 52.3 Å². The number of hydrogen-bond donors (Lipinski definition) is 1. The number of halogens is 1. The first-order chi connectivity index (χ1) is 11.4. The molecule has 0 saturated heterocycles. The van der Waals surface area contributed by atoms with Crippen LogP contribution in [-0.2, 0) is 9.53 Å². The number of carbonyl (C=O) groups is 2. The molecule has 2 aromatic rings. The summed E-state index contributed by atoms with van der Waals surface area (Å²) < 4.78 is 5.45. The number of anilines is 1. The molecule has 0 spiro atoms. The minimum atomic E-state index is -0.587. The van der Waals surface area contributed by atoms with E-state index in [0.717, 1.165) is 39.1 Å². The molecule has 1 amide bonds. The van der Waals surface area contributed by atoms with E-state index >= 15 is 0 Å². The van der Waals surface area contributed by atoms with Crippen LogP contribution < -0.4 is 5.32 Å². The number of hydrogen-bond acceptors (Lipinski definition) is 6. The van der Waals surface area contributed by atoms with E-state index in [1.54, 1.807) is 12.1 Å². The molecule has 1 N–H and O–H groups in total. The van der Waals surface area contributed by atoms with Crippen LogP contribution in [0.1, 0.15) is 20.8 Å². The summed E-state index contributed by atoms with van der Waals surface area (Å²) in [6, 6.07) is 6.77. The van der Waals surface area contributed by atoms with Gasteiger partial charge in [0.2, 0.25) is 0 Å². The van der Waals surface area contributed by atoms with Crippen LogP contribution in [0.5, 0.6) is 0 Å². The van der Waals surface area contributed by atoms with Gasteiger partial charge in [-0.05, 0) is 61.0 Å². The molecule has 0 atom stereocenters. The molecule has 1 heterocycles. The van der Waals surface area contributed by atoms with Crippen LogP contribution in [0, 0.1) is 24.5 Å². The normalized spacial score (nSPS) is 10.1. The van der Waals surface area contributed by atoms with Crippen molar-refractivity contribution in [2.24, 2.45) is 0 Å². The molecule has 0 fully saturated rings. The van der Waals surface area contributed by atoms with Crippen molar-refractivity contribution in [2.75, 3.05) is 11.9 Å². The number of rotatable bonds is 5. The Morgan fingerprint density at radius 2 is 2.00 bits per heavy atom. The highest BCUT2D eigenvalue weighted by atomic mass is 35.5. The molecule has 0 aliphatic carbocycles. The predicted octanol–water partition coefficient (Wildman–Crippen LogP) is 4.39. The van der Waals surface area contributed by atoms with Gasteiger partial charge in [0.1, 0.15) is 10.3 Å². The number of aryl methyl sites for hydroxylation is 2. The van der Waals surface area contributed by atoms with E-state index in [4.69, 9.17) is 21.6 Å². The van der Waals surface area contributed by atoms with E-state index < -0.39 is 11.9 Å². The molecule has 2 rings (SSSR count). The molecule has 1 aromatic carbocycles. The number of nitrogens with one attached hydrogen (secondary N) is 1. The number of benzene rings is 1. The fourth-order valence-electron chi connectivity index (χ4n) is 2.03. The summed E-state index contributed by atoms with van der Waals surface area (Å²) in [6.07, 6.45) is 0. The van der Waals surface area contributed by atoms with Crippen molar-refractivity contribution in [3.8, 4) is 5.40 Å². The van der Waals surface area contributed by atoms with E-state index in [0.29, 0.717) is 14.9 Å². The van der Waals surface area contributed by atoms with Gasteiger partial charge in [0.25, 0.3) is 5.91 Å². The fraction of sp³-hybridized carbons (Fsp3) is 0.188. The van der Waals surface area contributed by atoms with Crippen LogP contribution in [-0.4, -0.2) is 18.5 Å². The molecule has 0 aliphatic rings. The molecule has 0 saturated carbocycles. The third-order valence-electron chi connectivity index (χ3n) is 3.04. The number of carbonyl (C=O) groups excluding carboxylic acids is 2. The third-order valence-corrected chi connectivity index (χ3v) is 4.82. The van der Waals surface area contributed by atoms with Gasteiger partial charge in [-0.3, -0.25) is 4.79 Å². The Kier molecular flexibility index (Phi) is 6.26. The van der Waals surface area contributed by atoms with Gasteiger partial charge in [0, 0.05) is 10.6 Å². The van der Waals surface area contributed by atoms with Gasteiger partial charge in [-0.15, -0.1) is 11.3 Å². The summed E-state index contributed by atoms with van der Waals surface area (Å²) >= 11 is 7.91. The summed E-state index contributed by atoms with van der Waals surface area (Å²) in [7, 11) is 0. The maximum Gasteiger partial charge on any atom is 0.348 e. The molecule has 0 bridgehead atoms. The van der Waals surface area contributed by atoms with Crippen LogP contribution in [0.25, 0.3) is 0 Å². The monoisotopic (exact) mass is 380 g/mol. The number of nitrogens with zero attached hydrogens (tertiary/aromatic N) is 1. The number of nitriles is 1. The number of ether oxygens (including phenoxy) is 1. The minimum absolute atomic E-state index is 0.345. The summed E-state index contributed by atoms with van der Waals surface area (Å²) in [6.45, 7) is 3.29. The Balaban J connectivity index is 1.97. The Hall–Kier alpha value is -2.01. The Morgan fingerprint density at radius 3 is 2.54 bits per heavy atom. The van der Waals surface area contributed by atoms with Gasteiger partial charge < -0.3 is 10.1 Å². The molecular weight excluding hydrogens is 368 g/mol. The number of thioether (sulfide) groups is 1. The van der Waals surface area contributed by atoms with Gasteiger partial charge in [-0.2, -0.15) is 5.26 Å². The molecule has 0 aliphatic heterocycles. The van der Waals surface area contributed by atoms with E-state index in [9.17, 15) is 9.59 Å². The zero-order valence-electron chi connectivity index (χ0n) is 12.9. The van der Waals surface area contributed by atoms with Gasteiger partial charge >= 0.3 is 5.97 Å². The molecule has 5 nitrogen and oxygen atoms in total. The maximum absolute atomic E-state index is 12.0. The molecule has 1 aromatic heterocycles. The third kappa shape index (κ3) is 4.74. The SMILES string of the molecule is Cc1cc(SC#N)cc(C)c1NC(=O)COC(=O)c1ccc(Cl)s1. The molecular formula is C16H13ClN2O3S2. The maximum atomic E-state index is 12.0. The van der Waals surface area contributed by atoms with Crippen molar-refractivity contribution in [3.05, 3.63) is 44.6 Å². The predicted molar refractivity (Wildman–Crippen MR) is 95.6 cm³/mol. The zero-order chi connectivity index (χ0) is 17.7. The minimum Gasteiger partial charge on any atom is -0.451 e. The first kappa shape index (κ1) is 18.3. The number of esters is 1. The molecule has 124 valence electrons. The van der Waals surface area contributed by atoms with Gasteiger partial charge in [0.05, 0.1) is 4.34 Å². The molecule has 8 heteroatoms. The average molecular weight is 381 g/mol. The lowest BCUT2D eigenvalue weighted by Gasteiger charge is -2.13. The van der Waals surface area contributed by atoms with Crippen LogP contribution >= 0.6 is 34.7 Å². The van der Waals surface area contributed by atoms with E-state index in [1.807, 2.05) is 31.4 Å². The van der Waals surface area contributed by atoms with Crippen molar-refractivity contribution in [1.82, 2.24) is 0 Å². The highest BCUT2D eigenvalue weighted by Gasteiger charge is 2.14. The molecule has 0 unspecified atom stereocenters. The number of thiocyanates is 1. The second kappa shape index (κ2) is 8.20. The van der Waals surface area contributed by atoms with E-state index in [2.05, 4.69) is 5.32 Å². The molecule has 24 heavy (non-hydrogen) atoms. The second-order valence-electron chi connectivity index (χ2n) is 4.85. The lowest BCUT2D eigenvalue weighted by Crippen LogP contribution is -2.21. The highest BCUT2D eigenvalue weighted by molar-refractivity contribution is 8.03.